The Bertz CT molecular complexity index is 326. The van der Waals surface area contributed by atoms with Crippen LogP contribution in [0.5, 0.6) is 0 Å². The molecule has 0 saturated heterocycles. The van der Waals surface area contributed by atoms with Gasteiger partial charge in [-0.15, -0.1) is 0 Å². The van der Waals surface area contributed by atoms with E-state index in [1.54, 1.807) is 6.21 Å². The first kappa shape index (κ1) is 9.78. The zero-order valence-electron chi connectivity index (χ0n) is 8.59. The van der Waals surface area contributed by atoms with Gasteiger partial charge in [0.15, 0.2) is 6.21 Å². The van der Waals surface area contributed by atoms with Gasteiger partial charge in [0, 0.05) is 5.56 Å². The molecule has 2 heteroatoms. The maximum Gasteiger partial charge on any atom is 0.182 e. The van der Waals surface area contributed by atoms with E-state index in [0.29, 0.717) is 0 Å². The molecule has 0 unspecified atom stereocenters. The first-order valence-corrected chi connectivity index (χ1v) is 4.33. The molecule has 0 aliphatic rings. The van der Waals surface area contributed by atoms with Crippen LogP contribution in [-0.2, 0) is 0 Å². The van der Waals surface area contributed by atoms with Crippen LogP contribution < -0.4 is 0 Å². The van der Waals surface area contributed by atoms with Gasteiger partial charge >= 0.3 is 0 Å². The average molecular weight is 177 g/mol. The first-order chi connectivity index (χ1) is 6.00. The van der Waals surface area contributed by atoms with Gasteiger partial charge in [0.1, 0.15) is 7.05 Å². The zero-order chi connectivity index (χ0) is 10.0. The highest BCUT2D eigenvalue weighted by Gasteiger charge is 2.03. The van der Waals surface area contributed by atoms with Crippen molar-refractivity contribution in [3.63, 3.8) is 0 Å². The minimum atomic E-state index is 0.838. The third kappa shape index (κ3) is 2.31. The molecule has 0 spiro atoms. The monoisotopic (exact) mass is 177 g/mol. The lowest BCUT2D eigenvalue weighted by Gasteiger charge is -2.05. The highest BCUT2D eigenvalue weighted by molar-refractivity contribution is 5.80. The topological polar surface area (TPSA) is 26.1 Å². The third-order valence-electron chi connectivity index (χ3n) is 2.05. The van der Waals surface area contributed by atoms with Crippen molar-refractivity contribution < 1.29 is 4.74 Å². The van der Waals surface area contributed by atoms with E-state index in [9.17, 15) is 5.21 Å². The van der Waals surface area contributed by atoms with Crippen molar-refractivity contribution in [1.29, 1.82) is 0 Å². The molecule has 0 aromatic heterocycles. The maximum absolute atomic E-state index is 10.9. The molecule has 0 aliphatic carbocycles. The highest BCUT2D eigenvalue weighted by atomic mass is 16.5. The Morgan fingerprint density at radius 2 is 1.62 bits per heavy atom. The van der Waals surface area contributed by atoms with Crippen molar-refractivity contribution in [3.05, 3.63) is 39.6 Å². The lowest BCUT2D eigenvalue weighted by Crippen LogP contribution is -2.02. The predicted octanol–water partition coefficient (Wildman–Crippen LogP) is 2.17. The Kier molecular flexibility index (Phi) is 2.71. The molecule has 2 nitrogen and oxygen atoms in total. The van der Waals surface area contributed by atoms with E-state index in [-0.39, 0.29) is 0 Å². The second-order valence-electron chi connectivity index (χ2n) is 3.49. The molecule has 0 atom stereocenters. The van der Waals surface area contributed by atoms with Crippen molar-refractivity contribution in [2.75, 3.05) is 7.05 Å². The van der Waals surface area contributed by atoms with E-state index in [0.717, 1.165) is 21.4 Å². The van der Waals surface area contributed by atoms with E-state index >= 15 is 0 Å². The fourth-order valence-electron chi connectivity index (χ4n) is 1.58. The average Bonchev–Trinajstić information content (AvgIpc) is 1.96. The van der Waals surface area contributed by atoms with Crippen LogP contribution in [0.2, 0.25) is 0 Å². The van der Waals surface area contributed by atoms with E-state index in [4.69, 9.17) is 0 Å². The number of aryl methyl sites for hydroxylation is 3. The smallest absolute Gasteiger partial charge is 0.182 e. The van der Waals surface area contributed by atoms with Gasteiger partial charge in [-0.3, -0.25) is 0 Å². The fourth-order valence-corrected chi connectivity index (χ4v) is 1.58. The lowest BCUT2D eigenvalue weighted by atomic mass is 10.0. The SMILES string of the molecule is Cc1cc(C)c(/C=[N+](/C)[O-])c(C)c1. The van der Waals surface area contributed by atoms with Gasteiger partial charge in [0.05, 0.1) is 0 Å². The summed E-state index contributed by atoms with van der Waals surface area (Å²) in [4.78, 5) is 0. The molecular formula is C11H15NO. The molecule has 13 heavy (non-hydrogen) atoms. The van der Waals surface area contributed by atoms with Crippen LogP contribution in [0, 0.1) is 26.0 Å². The highest BCUT2D eigenvalue weighted by Crippen LogP contribution is 2.13. The molecule has 0 fully saturated rings. The summed E-state index contributed by atoms with van der Waals surface area (Å²) in [7, 11) is 1.50. The van der Waals surface area contributed by atoms with E-state index in [1.165, 1.54) is 12.6 Å². The molecule has 1 rings (SSSR count). The summed E-state index contributed by atoms with van der Waals surface area (Å²) in [6, 6.07) is 4.17. The van der Waals surface area contributed by atoms with Gasteiger partial charge in [-0.05, 0) is 31.9 Å². The van der Waals surface area contributed by atoms with Gasteiger partial charge in [-0.2, -0.15) is 0 Å². The quantitative estimate of drug-likeness (QED) is 0.279. The van der Waals surface area contributed by atoms with Crippen LogP contribution in [0.3, 0.4) is 0 Å². The van der Waals surface area contributed by atoms with Crippen LogP contribution in [0.25, 0.3) is 0 Å². The summed E-state index contributed by atoms with van der Waals surface area (Å²) in [6.45, 7) is 6.11. The minimum absolute atomic E-state index is 0.838. The molecule has 0 bridgehead atoms. The summed E-state index contributed by atoms with van der Waals surface area (Å²) >= 11 is 0. The first-order valence-electron chi connectivity index (χ1n) is 4.33. The lowest BCUT2D eigenvalue weighted by molar-refractivity contribution is -0.416. The number of hydroxylamine groups is 1. The van der Waals surface area contributed by atoms with Crippen LogP contribution in [-0.4, -0.2) is 18.0 Å². The summed E-state index contributed by atoms with van der Waals surface area (Å²) in [5, 5.41) is 10.9. The maximum atomic E-state index is 10.9. The largest absolute Gasteiger partial charge is 0.624 e. The number of rotatable bonds is 1. The van der Waals surface area contributed by atoms with Crippen molar-refractivity contribution in [2.45, 2.75) is 20.8 Å². The Morgan fingerprint density at radius 1 is 1.15 bits per heavy atom. The molecule has 0 N–H and O–H groups in total. The number of nitrogens with zero attached hydrogens (tertiary/aromatic N) is 1. The molecule has 0 radical (unpaired) electrons. The predicted molar refractivity (Wildman–Crippen MR) is 55.4 cm³/mol. The Labute approximate surface area is 79.1 Å². The van der Waals surface area contributed by atoms with Crippen LogP contribution in [0.15, 0.2) is 12.1 Å². The van der Waals surface area contributed by atoms with Gasteiger partial charge < -0.3 is 5.21 Å². The summed E-state index contributed by atoms with van der Waals surface area (Å²) in [5.74, 6) is 0. The van der Waals surface area contributed by atoms with Gasteiger partial charge in [-0.25, -0.2) is 4.74 Å². The van der Waals surface area contributed by atoms with Crippen LogP contribution in [0.4, 0.5) is 0 Å². The summed E-state index contributed by atoms with van der Waals surface area (Å²) in [5.41, 5.74) is 4.57. The molecule has 70 valence electrons. The number of hydrogen-bond acceptors (Lipinski definition) is 1. The van der Waals surface area contributed by atoms with E-state index in [1.807, 2.05) is 13.8 Å². The van der Waals surface area contributed by atoms with Crippen molar-refractivity contribution >= 4 is 6.21 Å². The second-order valence-corrected chi connectivity index (χ2v) is 3.49. The van der Waals surface area contributed by atoms with Gasteiger partial charge in [0.25, 0.3) is 0 Å². The Morgan fingerprint density at radius 3 is 2.00 bits per heavy atom. The summed E-state index contributed by atoms with van der Waals surface area (Å²) in [6.07, 6.45) is 1.62. The second kappa shape index (κ2) is 3.60. The minimum Gasteiger partial charge on any atom is -0.624 e. The van der Waals surface area contributed by atoms with Gasteiger partial charge in [0.2, 0.25) is 0 Å². The molecule has 0 amide bonds. The van der Waals surface area contributed by atoms with Crippen LogP contribution in [0.1, 0.15) is 22.3 Å². The summed E-state index contributed by atoms with van der Waals surface area (Å²) < 4.78 is 0.838. The molecular weight excluding hydrogens is 162 g/mol. The standard InChI is InChI=1S/C11H15NO/c1-8-5-9(2)11(7-12(4)13)10(3)6-8/h5-7H,1-4H3/b12-7-. The van der Waals surface area contributed by atoms with Crippen molar-refractivity contribution in [2.24, 2.45) is 0 Å². The molecule has 0 saturated carbocycles. The number of hydrogen-bond donors (Lipinski definition) is 0. The van der Waals surface area contributed by atoms with Crippen LogP contribution >= 0.6 is 0 Å². The Hall–Kier alpha value is -1.31. The van der Waals surface area contributed by atoms with Gasteiger partial charge in [-0.1, -0.05) is 17.7 Å². The third-order valence-corrected chi connectivity index (χ3v) is 2.05. The van der Waals surface area contributed by atoms with Crippen molar-refractivity contribution in [3.8, 4) is 0 Å². The van der Waals surface area contributed by atoms with E-state index < -0.39 is 0 Å². The fraction of sp³-hybridized carbons (Fsp3) is 0.364. The molecule has 1 aromatic rings. The van der Waals surface area contributed by atoms with E-state index in [2.05, 4.69) is 19.1 Å². The molecule has 1 aromatic carbocycles. The molecule has 0 heterocycles. The Balaban J connectivity index is 3.29. The normalized spacial score (nSPS) is 11.8. The molecule has 0 aliphatic heterocycles. The van der Waals surface area contributed by atoms with Crippen molar-refractivity contribution in [1.82, 2.24) is 0 Å². The number of benzene rings is 1. The zero-order valence-corrected chi connectivity index (χ0v) is 8.59.